The zero-order chi connectivity index (χ0) is 11.4. The molecule has 0 aliphatic rings. The predicted octanol–water partition coefficient (Wildman–Crippen LogP) is 0.162. The van der Waals surface area contributed by atoms with E-state index in [4.69, 9.17) is 15.6 Å². The highest BCUT2D eigenvalue weighted by atomic mass is 16.5. The largest absolute Gasteiger partial charge is 0.481 e. The first-order valence-corrected chi connectivity index (χ1v) is 5.04. The van der Waals surface area contributed by atoms with Gasteiger partial charge in [0.05, 0.1) is 12.8 Å². The lowest BCUT2D eigenvalue weighted by atomic mass is 9.96. The molecule has 1 atom stereocenters. The summed E-state index contributed by atoms with van der Waals surface area (Å²) in [6, 6.07) is 0. The molecule has 1 aromatic rings. The summed E-state index contributed by atoms with van der Waals surface area (Å²) in [6.45, 7) is 2.54. The fourth-order valence-corrected chi connectivity index (χ4v) is 1.90. The maximum atomic E-state index is 8.97. The Balaban J connectivity index is 3.09. The number of hydrogen-bond acceptors (Lipinski definition) is 4. The lowest BCUT2D eigenvalue weighted by molar-refractivity contribution is 0.274. The van der Waals surface area contributed by atoms with Crippen LogP contribution in [0.25, 0.3) is 0 Å². The van der Waals surface area contributed by atoms with E-state index in [0.29, 0.717) is 13.0 Å². The van der Waals surface area contributed by atoms with Gasteiger partial charge in [-0.05, 0) is 19.9 Å². The molecule has 0 bridgehead atoms. The number of ether oxygens (including phenoxy) is 1. The van der Waals surface area contributed by atoms with Gasteiger partial charge in [0, 0.05) is 25.1 Å². The highest BCUT2D eigenvalue weighted by molar-refractivity contribution is 5.34. The Labute approximate surface area is 89.8 Å². The fourth-order valence-electron chi connectivity index (χ4n) is 1.90. The zero-order valence-electron chi connectivity index (χ0n) is 9.53. The minimum Gasteiger partial charge on any atom is -0.481 e. The number of aryl methyl sites for hydroxylation is 2. The molecule has 1 heterocycles. The topological polar surface area (TPSA) is 73.3 Å². The van der Waals surface area contributed by atoms with Crippen molar-refractivity contribution in [3.8, 4) is 5.88 Å². The first kappa shape index (κ1) is 12.0. The molecule has 0 fully saturated rings. The van der Waals surface area contributed by atoms with Gasteiger partial charge in [0.1, 0.15) is 0 Å². The Morgan fingerprint density at radius 2 is 2.27 bits per heavy atom. The first-order chi connectivity index (χ1) is 7.15. The van der Waals surface area contributed by atoms with E-state index in [2.05, 4.69) is 5.10 Å². The maximum absolute atomic E-state index is 8.97. The zero-order valence-corrected chi connectivity index (χ0v) is 9.53. The minimum atomic E-state index is 0.110. The van der Waals surface area contributed by atoms with Crippen LogP contribution in [0.5, 0.6) is 5.88 Å². The van der Waals surface area contributed by atoms with Gasteiger partial charge in [-0.3, -0.25) is 0 Å². The molecule has 0 aliphatic carbocycles. The second kappa shape index (κ2) is 5.14. The van der Waals surface area contributed by atoms with Crippen molar-refractivity contribution < 1.29 is 9.84 Å². The highest BCUT2D eigenvalue weighted by Crippen LogP contribution is 2.30. The van der Waals surface area contributed by atoms with Gasteiger partial charge < -0.3 is 15.6 Å². The molecule has 1 aromatic heterocycles. The Morgan fingerprint density at radius 1 is 1.60 bits per heavy atom. The Hall–Kier alpha value is -1.07. The number of nitrogens with zero attached hydrogens (tertiary/aromatic N) is 2. The van der Waals surface area contributed by atoms with Crippen molar-refractivity contribution in [3.63, 3.8) is 0 Å². The number of aliphatic hydroxyl groups is 1. The predicted molar refractivity (Wildman–Crippen MR) is 58.0 cm³/mol. The number of rotatable bonds is 5. The monoisotopic (exact) mass is 213 g/mol. The molecular formula is C10H19N3O2. The molecular weight excluding hydrogens is 194 g/mol. The standard InChI is InChI=1S/C10H19N3O2/c1-7-9(8(6-11)4-5-14)10(15-3)13(2)12-7/h8,14H,4-6,11H2,1-3H3. The summed E-state index contributed by atoms with van der Waals surface area (Å²) in [6.07, 6.45) is 0.638. The summed E-state index contributed by atoms with van der Waals surface area (Å²) in [7, 11) is 3.45. The summed E-state index contributed by atoms with van der Waals surface area (Å²) < 4.78 is 6.99. The quantitative estimate of drug-likeness (QED) is 0.731. The second-order valence-electron chi connectivity index (χ2n) is 3.58. The third kappa shape index (κ3) is 2.30. The van der Waals surface area contributed by atoms with Crippen molar-refractivity contribution in [2.24, 2.45) is 12.8 Å². The molecule has 1 unspecified atom stereocenters. The SMILES string of the molecule is COc1c(C(CN)CCO)c(C)nn1C. The van der Waals surface area contributed by atoms with E-state index in [1.807, 2.05) is 14.0 Å². The van der Waals surface area contributed by atoms with Gasteiger partial charge in [-0.25, -0.2) is 4.68 Å². The summed E-state index contributed by atoms with van der Waals surface area (Å²) >= 11 is 0. The molecule has 1 rings (SSSR count). The molecule has 0 radical (unpaired) electrons. The van der Waals surface area contributed by atoms with Crippen molar-refractivity contribution in [1.29, 1.82) is 0 Å². The first-order valence-electron chi connectivity index (χ1n) is 5.04. The van der Waals surface area contributed by atoms with Crippen LogP contribution in [-0.4, -0.2) is 35.1 Å². The lowest BCUT2D eigenvalue weighted by Gasteiger charge is -2.14. The summed E-state index contributed by atoms with van der Waals surface area (Å²) in [5, 5.41) is 13.3. The van der Waals surface area contributed by atoms with E-state index in [9.17, 15) is 0 Å². The van der Waals surface area contributed by atoms with Crippen LogP contribution >= 0.6 is 0 Å². The van der Waals surface area contributed by atoms with Gasteiger partial charge in [0.25, 0.3) is 0 Å². The second-order valence-corrected chi connectivity index (χ2v) is 3.58. The Bertz CT molecular complexity index is 323. The van der Waals surface area contributed by atoms with E-state index in [-0.39, 0.29) is 12.5 Å². The van der Waals surface area contributed by atoms with E-state index in [1.165, 1.54) is 0 Å². The van der Waals surface area contributed by atoms with Gasteiger partial charge >= 0.3 is 0 Å². The smallest absolute Gasteiger partial charge is 0.215 e. The molecule has 0 aliphatic heterocycles. The van der Waals surface area contributed by atoms with Crippen LogP contribution in [0.3, 0.4) is 0 Å². The van der Waals surface area contributed by atoms with Crippen LogP contribution in [0.2, 0.25) is 0 Å². The Kier molecular flexibility index (Phi) is 4.11. The van der Waals surface area contributed by atoms with Crippen molar-refractivity contribution >= 4 is 0 Å². The molecule has 0 spiro atoms. The van der Waals surface area contributed by atoms with Gasteiger partial charge in [0.2, 0.25) is 5.88 Å². The van der Waals surface area contributed by atoms with Crippen molar-refractivity contribution in [2.45, 2.75) is 19.3 Å². The van der Waals surface area contributed by atoms with Crippen molar-refractivity contribution in [2.75, 3.05) is 20.3 Å². The summed E-state index contributed by atoms with van der Waals surface area (Å²) in [5.74, 6) is 0.843. The number of methoxy groups -OCH3 is 1. The summed E-state index contributed by atoms with van der Waals surface area (Å²) in [5.41, 5.74) is 7.61. The third-order valence-corrected chi connectivity index (χ3v) is 2.58. The van der Waals surface area contributed by atoms with Crippen LogP contribution in [-0.2, 0) is 7.05 Å². The molecule has 3 N–H and O–H groups in total. The molecule has 0 saturated heterocycles. The fraction of sp³-hybridized carbons (Fsp3) is 0.700. The number of hydrogen-bond donors (Lipinski definition) is 2. The van der Waals surface area contributed by atoms with Crippen LogP contribution in [0, 0.1) is 6.92 Å². The molecule has 0 amide bonds. The van der Waals surface area contributed by atoms with Crippen LogP contribution in [0.1, 0.15) is 23.6 Å². The molecule has 5 heteroatoms. The van der Waals surface area contributed by atoms with E-state index in [1.54, 1.807) is 11.8 Å². The molecule has 0 aromatic carbocycles. The normalized spacial score (nSPS) is 12.9. The number of aromatic nitrogens is 2. The van der Waals surface area contributed by atoms with Gasteiger partial charge in [-0.1, -0.05) is 0 Å². The van der Waals surface area contributed by atoms with Gasteiger partial charge in [0.15, 0.2) is 0 Å². The van der Waals surface area contributed by atoms with Crippen LogP contribution in [0.15, 0.2) is 0 Å². The van der Waals surface area contributed by atoms with Gasteiger partial charge in [-0.2, -0.15) is 5.10 Å². The van der Waals surface area contributed by atoms with Crippen molar-refractivity contribution in [3.05, 3.63) is 11.3 Å². The number of aliphatic hydroxyl groups excluding tert-OH is 1. The van der Waals surface area contributed by atoms with E-state index < -0.39 is 0 Å². The Morgan fingerprint density at radius 3 is 2.73 bits per heavy atom. The lowest BCUT2D eigenvalue weighted by Crippen LogP contribution is -2.15. The molecule has 5 nitrogen and oxygen atoms in total. The van der Waals surface area contributed by atoms with Crippen LogP contribution in [0.4, 0.5) is 0 Å². The highest BCUT2D eigenvalue weighted by Gasteiger charge is 2.21. The van der Waals surface area contributed by atoms with Crippen LogP contribution < -0.4 is 10.5 Å². The van der Waals surface area contributed by atoms with Gasteiger partial charge in [-0.15, -0.1) is 0 Å². The molecule has 15 heavy (non-hydrogen) atoms. The average Bonchev–Trinajstić information content (AvgIpc) is 2.49. The minimum absolute atomic E-state index is 0.110. The molecule has 86 valence electrons. The van der Waals surface area contributed by atoms with E-state index in [0.717, 1.165) is 17.1 Å². The molecule has 0 saturated carbocycles. The van der Waals surface area contributed by atoms with E-state index >= 15 is 0 Å². The summed E-state index contributed by atoms with van der Waals surface area (Å²) in [4.78, 5) is 0. The van der Waals surface area contributed by atoms with Crippen molar-refractivity contribution in [1.82, 2.24) is 9.78 Å². The maximum Gasteiger partial charge on any atom is 0.215 e. The third-order valence-electron chi connectivity index (χ3n) is 2.58. The number of nitrogens with two attached hydrogens (primary N) is 1. The average molecular weight is 213 g/mol.